The summed E-state index contributed by atoms with van der Waals surface area (Å²) in [5.41, 5.74) is 1.28. The monoisotopic (exact) mass is 261 g/mol. The molecule has 4 nitrogen and oxygen atoms in total. The molecular formula is C13H11NO3S. The van der Waals surface area contributed by atoms with Crippen LogP contribution in [0.25, 0.3) is 16.2 Å². The second-order valence-corrected chi connectivity index (χ2v) is 4.87. The van der Waals surface area contributed by atoms with Gasteiger partial charge in [-0.1, -0.05) is 0 Å². The average Bonchev–Trinajstić information content (AvgIpc) is 2.85. The number of hydroxylamine groups is 2. The zero-order valence-corrected chi connectivity index (χ0v) is 10.8. The Labute approximate surface area is 108 Å². The largest absolute Gasteiger partial charge is 0.464 e. The summed E-state index contributed by atoms with van der Waals surface area (Å²) in [6, 6.07) is 5.99. The minimum absolute atomic E-state index is 0.388. The molecular weight excluding hydrogens is 250 g/mol. The van der Waals surface area contributed by atoms with Crippen molar-refractivity contribution in [2.75, 3.05) is 14.2 Å². The molecule has 0 atom stereocenters. The molecule has 1 aromatic carbocycles. The number of esters is 1. The summed E-state index contributed by atoms with van der Waals surface area (Å²) in [5, 5.41) is 4.52. The number of carbonyl (C=O) groups excluding carboxylic acids is 1. The quantitative estimate of drug-likeness (QED) is 0.740. The van der Waals surface area contributed by atoms with Crippen LogP contribution in [0.1, 0.15) is 5.56 Å². The fraction of sp³-hybridized carbons (Fsp3) is 0.154. The van der Waals surface area contributed by atoms with Crippen LogP contribution in [0, 0.1) is 0 Å². The Bertz CT molecular complexity index is 659. The number of likely N-dealkylation sites (N-methyl/N-ethyl adjacent to an activating group) is 1. The number of benzene rings is 1. The van der Waals surface area contributed by atoms with Gasteiger partial charge in [0.15, 0.2) is 11.4 Å². The predicted molar refractivity (Wildman–Crippen MR) is 70.2 cm³/mol. The number of fused-ring (bicyclic) bond motifs is 3. The van der Waals surface area contributed by atoms with Crippen molar-refractivity contribution in [3.05, 3.63) is 34.8 Å². The highest BCUT2D eigenvalue weighted by Gasteiger charge is 2.24. The first-order chi connectivity index (χ1) is 8.70. The van der Waals surface area contributed by atoms with Gasteiger partial charge in [-0.2, -0.15) is 0 Å². The number of hydrogen-bond acceptors (Lipinski definition) is 5. The van der Waals surface area contributed by atoms with Gasteiger partial charge in [0.25, 0.3) is 0 Å². The SMILES string of the molecule is COC(=O)C1=Cc2ccc3sccc3c2ON1C. The summed E-state index contributed by atoms with van der Waals surface area (Å²) < 4.78 is 5.88. The van der Waals surface area contributed by atoms with Gasteiger partial charge < -0.3 is 9.57 Å². The van der Waals surface area contributed by atoms with Gasteiger partial charge in [-0.15, -0.1) is 11.3 Å². The standard InChI is InChI=1S/C13H11NO3S/c1-14-10(13(15)16-2)7-8-3-4-11-9(5-6-18-11)12(8)17-14/h3-7H,1-2H3. The van der Waals surface area contributed by atoms with Crippen LogP contribution in [0.2, 0.25) is 0 Å². The molecule has 0 fully saturated rings. The van der Waals surface area contributed by atoms with E-state index in [1.807, 2.05) is 23.6 Å². The highest BCUT2D eigenvalue weighted by molar-refractivity contribution is 7.17. The molecule has 1 aliphatic rings. The molecule has 0 radical (unpaired) electrons. The van der Waals surface area contributed by atoms with Crippen molar-refractivity contribution in [1.82, 2.24) is 5.06 Å². The Hall–Kier alpha value is -2.01. The van der Waals surface area contributed by atoms with E-state index in [0.29, 0.717) is 5.70 Å². The third-order valence-electron chi connectivity index (χ3n) is 2.87. The van der Waals surface area contributed by atoms with Crippen LogP contribution in [0.3, 0.4) is 0 Å². The summed E-state index contributed by atoms with van der Waals surface area (Å²) in [7, 11) is 3.05. The van der Waals surface area contributed by atoms with Gasteiger partial charge in [0.1, 0.15) is 0 Å². The first-order valence-corrected chi connectivity index (χ1v) is 6.30. The number of rotatable bonds is 1. The number of nitrogens with zero attached hydrogens (tertiary/aromatic N) is 1. The van der Waals surface area contributed by atoms with Crippen molar-refractivity contribution in [3.8, 4) is 5.75 Å². The average molecular weight is 261 g/mol. The fourth-order valence-corrected chi connectivity index (χ4v) is 2.75. The van der Waals surface area contributed by atoms with E-state index in [2.05, 4.69) is 0 Å². The van der Waals surface area contributed by atoms with E-state index < -0.39 is 5.97 Å². The normalized spacial score (nSPS) is 13.9. The minimum Gasteiger partial charge on any atom is -0.464 e. The van der Waals surface area contributed by atoms with E-state index in [-0.39, 0.29) is 0 Å². The number of hydrogen-bond donors (Lipinski definition) is 0. The second-order valence-electron chi connectivity index (χ2n) is 3.93. The van der Waals surface area contributed by atoms with Gasteiger partial charge in [-0.05, 0) is 29.7 Å². The molecule has 92 valence electrons. The maximum atomic E-state index is 11.6. The topological polar surface area (TPSA) is 38.8 Å². The molecule has 1 aliphatic heterocycles. The third-order valence-corrected chi connectivity index (χ3v) is 3.75. The van der Waals surface area contributed by atoms with Crippen molar-refractivity contribution < 1.29 is 14.4 Å². The van der Waals surface area contributed by atoms with Crippen LogP contribution >= 0.6 is 11.3 Å². The van der Waals surface area contributed by atoms with Crippen LogP contribution in [-0.2, 0) is 9.53 Å². The maximum absolute atomic E-state index is 11.6. The summed E-state index contributed by atoms with van der Waals surface area (Å²) in [6.07, 6.45) is 1.78. The van der Waals surface area contributed by atoms with Gasteiger partial charge in [0.2, 0.25) is 0 Å². The molecule has 5 heteroatoms. The summed E-state index contributed by atoms with van der Waals surface area (Å²) in [6.45, 7) is 0. The van der Waals surface area contributed by atoms with E-state index in [9.17, 15) is 4.79 Å². The maximum Gasteiger partial charge on any atom is 0.357 e. The van der Waals surface area contributed by atoms with Crippen LogP contribution in [0.15, 0.2) is 29.3 Å². The number of methoxy groups -OCH3 is 1. The molecule has 0 spiro atoms. The molecule has 18 heavy (non-hydrogen) atoms. The number of carbonyl (C=O) groups is 1. The Morgan fingerprint density at radius 2 is 2.22 bits per heavy atom. The minimum atomic E-state index is -0.409. The van der Waals surface area contributed by atoms with Crippen molar-refractivity contribution in [2.24, 2.45) is 0 Å². The molecule has 0 saturated heterocycles. The van der Waals surface area contributed by atoms with Gasteiger partial charge >= 0.3 is 5.97 Å². The van der Waals surface area contributed by atoms with E-state index in [1.54, 1.807) is 24.5 Å². The van der Waals surface area contributed by atoms with Gasteiger partial charge in [0.05, 0.1) is 7.11 Å². The van der Waals surface area contributed by atoms with Crippen molar-refractivity contribution in [3.63, 3.8) is 0 Å². The zero-order valence-electron chi connectivity index (χ0n) is 9.97. The van der Waals surface area contributed by atoms with Crippen LogP contribution < -0.4 is 4.84 Å². The summed E-state index contributed by atoms with van der Waals surface area (Å²) in [5.74, 6) is 0.373. The van der Waals surface area contributed by atoms with E-state index in [4.69, 9.17) is 9.57 Å². The number of ether oxygens (including phenoxy) is 1. The molecule has 0 amide bonds. The first kappa shape index (κ1) is 11.1. The third kappa shape index (κ3) is 1.55. The van der Waals surface area contributed by atoms with E-state index in [0.717, 1.165) is 21.4 Å². The van der Waals surface area contributed by atoms with Crippen molar-refractivity contribution in [2.45, 2.75) is 0 Å². The molecule has 0 saturated carbocycles. The first-order valence-electron chi connectivity index (χ1n) is 5.42. The van der Waals surface area contributed by atoms with E-state index in [1.165, 1.54) is 12.2 Å². The Balaban J connectivity index is 2.18. The lowest BCUT2D eigenvalue weighted by molar-refractivity contribution is -0.141. The predicted octanol–water partition coefficient (Wildman–Crippen LogP) is 2.65. The summed E-state index contributed by atoms with van der Waals surface area (Å²) in [4.78, 5) is 17.3. The van der Waals surface area contributed by atoms with Gasteiger partial charge in [-0.3, -0.25) is 0 Å². The lowest BCUT2D eigenvalue weighted by atomic mass is 10.1. The molecule has 0 aliphatic carbocycles. The zero-order chi connectivity index (χ0) is 12.7. The molecule has 0 unspecified atom stereocenters. The Morgan fingerprint density at radius 3 is 3.00 bits per heavy atom. The Kier molecular flexibility index (Phi) is 2.48. The second kappa shape index (κ2) is 4.03. The highest BCUT2D eigenvalue weighted by atomic mass is 32.1. The van der Waals surface area contributed by atoms with Crippen molar-refractivity contribution in [1.29, 1.82) is 0 Å². The van der Waals surface area contributed by atoms with Crippen LogP contribution in [0.5, 0.6) is 5.75 Å². The van der Waals surface area contributed by atoms with Crippen molar-refractivity contribution >= 4 is 33.5 Å². The van der Waals surface area contributed by atoms with Gasteiger partial charge in [0, 0.05) is 22.7 Å². The molecule has 2 heterocycles. The fourth-order valence-electron chi connectivity index (χ4n) is 1.97. The van der Waals surface area contributed by atoms with Crippen LogP contribution in [0.4, 0.5) is 0 Å². The van der Waals surface area contributed by atoms with Gasteiger partial charge in [-0.25, -0.2) is 9.86 Å². The summed E-state index contributed by atoms with van der Waals surface area (Å²) >= 11 is 1.66. The molecule has 0 bridgehead atoms. The molecule has 1 aromatic heterocycles. The smallest absolute Gasteiger partial charge is 0.357 e. The van der Waals surface area contributed by atoms with Crippen LogP contribution in [-0.4, -0.2) is 25.2 Å². The molecule has 0 N–H and O–H groups in total. The lowest BCUT2D eigenvalue weighted by Gasteiger charge is -2.26. The highest BCUT2D eigenvalue weighted by Crippen LogP contribution is 2.37. The molecule has 3 rings (SSSR count). The Morgan fingerprint density at radius 1 is 1.39 bits per heavy atom. The van der Waals surface area contributed by atoms with E-state index >= 15 is 0 Å². The number of thiophene rings is 1. The lowest BCUT2D eigenvalue weighted by Crippen LogP contribution is -2.30. The molecule has 2 aromatic rings.